The van der Waals surface area contributed by atoms with Crippen molar-refractivity contribution in [3.8, 4) is 0 Å². The van der Waals surface area contributed by atoms with Crippen LogP contribution in [0.25, 0.3) is 5.57 Å². The molecule has 1 saturated heterocycles. The number of pyridine rings is 1. The Balaban J connectivity index is 1.75. The predicted molar refractivity (Wildman–Crippen MR) is 93.3 cm³/mol. The lowest BCUT2D eigenvalue weighted by molar-refractivity contribution is 0.263. The number of anilines is 1. The minimum atomic E-state index is 0.462. The molecule has 5 nitrogen and oxygen atoms in total. The third-order valence-electron chi connectivity index (χ3n) is 4.35. The average Bonchev–Trinajstić information content (AvgIpc) is 2.57. The monoisotopic (exact) mass is 309 g/mol. The number of rotatable bonds is 4. The van der Waals surface area contributed by atoms with Gasteiger partial charge >= 0.3 is 0 Å². The summed E-state index contributed by atoms with van der Waals surface area (Å²) in [6.07, 6.45) is 7.59. The summed E-state index contributed by atoms with van der Waals surface area (Å²) < 4.78 is 0. The Morgan fingerprint density at radius 1 is 1.30 bits per heavy atom. The number of hydrogen-bond donors (Lipinski definition) is 1. The maximum Gasteiger partial charge on any atom is 0.145 e. The molecule has 0 saturated carbocycles. The van der Waals surface area contributed by atoms with Gasteiger partial charge in [0.2, 0.25) is 0 Å². The zero-order chi connectivity index (χ0) is 16.2. The molecule has 1 aliphatic rings. The number of likely N-dealkylation sites (tertiary alicyclic amines) is 1. The minimum Gasteiger partial charge on any atom is -0.366 e. The van der Waals surface area contributed by atoms with Gasteiger partial charge in [-0.3, -0.25) is 9.97 Å². The largest absolute Gasteiger partial charge is 0.366 e. The highest BCUT2D eigenvalue weighted by molar-refractivity contribution is 5.77. The number of nitrogens with zero attached hydrogens (tertiary/aromatic N) is 4. The second kappa shape index (κ2) is 6.87. The number of hydrogen-bond acceptors (Lipinski definition) is 5. The van der Waals surface area contributed by atoms with Crippen LogP contribution in [0.2, 0.25) is 0 Å². The van der Waals surface area contributed by atoms with Gasteiger partial charge in [0, 0.05) is 29.1 Å². The van der Waals surface area contributed by atoms with E-state index in [-0.39, 0.29) is 0 Å². The minimum absolute atomic E-state index is 0.462. The first kappa shape index (κ1) is 15.6. The van der Waals surface area contributed by atoms with Crippen LogP contribution in [0.4, 0.5) is 5.82 Å². The summed E-state index contributed by atoms with van der Waals surface area (Å²) in [5.41, 5.74) is 3.61. The lowest BCUT2D eigenvalue weighted by Crippen LogP contribution is -2.36. The van der Waals surface area contributed by atoms with Crippen LogP contribution in [-0.4, -0.2) is 46.0 Å². The van der Waals surface area contributed by atoms with Crippen molar-refractivity contribution in [2.24, 2.45) is 0 Å². The third-order valence-corrected chi connectivity index (χ3v) is 4.35. The summed E-state index contributed by atoms with van der Waals surface area (Å²) in [4.78, 5) is 15.7. The quantitative estimate of drug-likeness (QED) is 0.941. The van der Waals surface area contributed by atoms with Crippen LogP contribution >= 0.6 is 0 Å². The second-order valence-electron chi connectivity index (χ2n) is 6.13. The highest BCUT2D eigenvalue weighted by Gasteiger charge is 2.17. The topological polar surface area (TPSA) is 53.9 Å². The van der Waals surface area contributed by atoms with Gasteiger partial charge in [0.25, 0.3) is 0 Å². The van der Waals surface area contributed by atoms with Crippen LogP contribution in [0.3, 0.4) is 0 Å². The van der Waals surface area contributed by atoms with E-state index in [1.165, 1.54) is 0 Å². The molecule has 23 heavy (non-hydrogen) atoms. The van der Waals surface area contributed by atoms with E-state index in [0.717, 1.165) is 54.3 Å². The smallest absolute Gasteiger partial charge is 0.145 e. The molecule has 0 amide bonds. The molecule has 1 fully saturated rings. The zero-order valence-electron chi connectivity index (χ0n) is 13.8. The second-order valence-corrected chi connectivity index (χ2v) is 6.13. The lowest BCUT2D eigenvalue weighted by Gasteiger charge is -2.29. The summed E-state index contributed by atoms with van der Waals surface area (Å²) in [6.45, 7) is 8.39. The van der Waals surface area contributed by atoms with E-state index < -0.39 is 0 Å². The van der Waals surface area contributed by atoms with E-state index in [9.17, 15) is 0 Å². The summed E-state index contributed by atoms with van der Waals surface area (Å²) >= 11 is 0. The molecule has 0 spiro atoms. The van der Waals surface area contributed by atoms with E-state index in [1.807, 2.05) is 19.1 Å². The van der Waals surface area contributed by atoms with Crippen molar-refractivity contribution < 1.29 is 0 Å². The Hall–Kier alpha value is -2.27. The summed E-state index contributed by atoms with van der Waals surface area (Å²) in [5, 5.41) is 3.51. The van der Waals surface area contributed by atoms with Gasteiger partial charge in [-0.15, -0.1) is 0 Å². The molecule has 5 heteroatoms. The Bertz CT molecular complexity index is 689. The van der Waals surface area contributed by atoms with Gasteiger partial charge in [-0.2, -0.15) is 0 Å². The van der Waals surface area contributed by atoms with Crippen LogP contribution in [0.5, 0.6) is 0 Å². The Morgan fingerprint density at radius 2 is 2.09 bits per heavy atom. The molecule has 3 heterocycles. The van der Waals surface area contributed by atoms with Gasteiger partial charge in [-0.25, -0.2) is 4.98 Å². The number of nitrogens with one attached hydrogen (secondary N) is 1. The first-order valence-corrected chi connectivity index (χ1v) is 8.02. The summed E-state index contributed by atoms with van der Waals surface area (Å²) in [7, 11) is 2.16. The third kappa shape index (κ3) is 3.74. The van der Waals surface area contributed by atoms with Crippen molar-refractivity contribution in [3.05, 3.63) is 54.3 Å². The van der Waals surface area contributed by atoms with Crippen LogP contribution in [0.1, 0.15) is 29.8 Å². The Labute approximate surface area is 137 Å². The van der Waals surface area contributed by atoms with Crippen LogP contribution < -0.4 is 5.32 Å². The van der Waals surface area contributed by atoms with Crippen molar-refractivity contribution in [3.63, 3.8) is 0 Å². The highest BCUT2D eigenvalue weighted by atomic mass is 15.1. The molecule has 2 aromatic rings. The van der Waals surface area contributed by atoms with E-state index in [1.54, 1.807) is 18.6 Å². The molecular weight excluding hydrogens is 286 g/mol. The standard InChI is InChI=1S/C18H23N5/c1-13(16-5-4-8-20-14(16)2)17-11-19-12-18(22-17)21-15-6-9-23(3)10-7-15/h4-5,8,11-12,15H,1,6-7,9-10H2,2-3H3,(H,21,22). The van der Waals surface area contributed by atoms with Crippen LogP contribution in [0.15, 0.2) is 37.3 Å². The molecule has 0 bridgehead atoms. The molecule has 0 radical (unpaired) electrons. The molecule has 0 aromatic carbocycles. The molecule has 0 unspecified atom stereocenters. The predicted octanol–water partition coefficient (Wildman–Crippen LogP) is 2.75. The molecule has 1 N–H and O–H groups in total. The van der Waals surface area contributed by atoms with Gasteiger partial charge in [0.1, 0.15) is 5.82 Å². The van der Waals surface area contributed by atoms with Crippen molar-refractivity contribution in [2.45, 2.75) is 25.8 Å². The van der Waals surface area contributed by atoms with Crippen molar-refractivity contribution in [1.29, 1.82) is 0 Å². The molecular formula is C18H23N5. The van der Waals surface area contributed by atoms with E-state index in [2.05, 4.69) is 38.8 Å². The van der Waals surface area contributed by atoms with Crippen molar-refractivity contribution in [1.82, 2.24) is 19.9 Å². The fourth-order valence-electron chi connectivity index (χ4n) is 2.88. The molecule has 120 valence electrons. The normalized spacial score (nSPS) is 16.3. The van der Waals surface area contributed by atoms with E-state index in [4.69, 9.17) is 0 Å². The molecule has 0 atom stereocenters. The Kier molecular flexibility index (Phi) is 4.67. The van der Waals surface area contributed by atoms with E-state index in [0.29, 0.717) is 6.04 Å². The van der Waals surface area contributed by atoms with Gasteiger partial charge in [0.05, 0.1) is 18.1 Å². The number of aryl methyl sites for hydroxylation is 1. The van der Waals surface area contributed by atoms with Crippen molar-refractivity contribution in [2.75, 3.05) is 25.5 Å². The van der Waals surface area contributed by atoms with Gasteiger partial charge in [0.15, 0.2) is 0 Å². The zero-order valence-corrected chi connectivity index (χ0v) is 13.8. The van der Waals surface area contributed by atoms with Crippen molar-refractivity contribution >= 4 is 11.4 Å². The summed E-state index contributed by atoms with van der Waals surface area (Å²) in [5.74, 6) is 0.819. The van der Waals surface area contributed by atoms with Gasteiger partial charge < -0.3 is 10.2 Å². The fraction of sp³-hybridized carbons (Fsp3) is 0.389. The molecule has 0 aliphatic carbocycles. The maximum absolute atomic E-state index is 4.69. The summed E-state index contributed by atoms with van der Waals surface area (Å²) in [6, 6.07) is 4.40. The first-order valence-electron chi connectivity index (χ1n) is 8.02. The number of aromatic nitrogens is 3. The van der Waals surface area contributed by atoms with Gasteiger partial charge in [-0.05, 0) is 46.0 Å². The number of piperidine rings is 1. The fourth-order valence-corrected chi connectivity index (χ4v) is 2.88. The Morgan fingerprint density at radius 3 is 2.83 bits per heavy atom. The average molecular weight is 309 g/mol. The molecule has 3 rings (SSSR count). The SMILES string of the molecule is C=C(c1cncc(NC2CCN(C)CC2)n1)c1cccnc1C. The molecule has 2 aromatic heterocycles. The van der Waals surface area contributed by atoms with E-state index >= 15 is 0 Å². The molecule has 1 aliphatic heterocycles. The van der Waals surface area contributed by atoms with Crippen LogP contribution in [-0.2, 0) is 0 Å². The van der Waals surface area contributed by atoms with Gasteiger partial charge in [-0.1, -0.05) is 12.6 Å². The first-order chi connectivity index (χ1) is 11.1. The van der Waals surface area contributed by atoms with Crippen LogP contribution in [0, 0.1) is 6.92 Å². The highest BCUT2D eigenvalue weighted by Crippen LogP contribution is 2.22. The maximum atomic E-state index is 4.69. The lowest BCUT2D eigenvalue weighted by atomic mass is 10.0.